The number of alkyl halides is 3. The Morgan fingerprint density at radius 3 is 2.29 bits per heavy atom. The number of halogens is 3. The normalized spacial score (nSPS) is 23.4. The van der Waals surface area contributed by atoms with Crippen LogP contribution in [0.5, 0.6) is 5.75 Å². The van der Waals surface area contributed by atoms with Crippen molar-refractivity contribution in [1.82, 2.24) is 9.80 Å². The highest BCUT2D eigenvalue weighted by Crippen LogP contribution is 2.33. The van der Waals surface area contributed by atoms with Gasteiger partial charge in [0.2, 0.25) is 0 Å². The molecule has 2 unspecified atom stereocenters. The molecule has 0 bridgehead atoms. The number of carboxylic acids is 1. The summed E-state index contributed by atoms with van der Waals surface area (Å²) in [6.45, 7) is 1.74. The van der Waals surface area contributed by atoms with Crippen LogP contribution in [0.2, 0.25) is 0 Å². The number of amides is 2. The van der Waals surface area contributed by atoms with E-state index in [2.05, 4.69) is 4.74 Å². The first kappa shape index (κ1) is 20.6. The number of ether oxygens (including phenoxy) is 1. The Labute approximate surface area is 164 Å². The van der Waals surface area contributed by atoms with Crippen LogP contribution in [0.1, 0.15) is 17.9 Å². The number of likely N-dealkylation sites (tertiary alicyclic amines) is 1. The molecule has 2 amide bonds. The number of hydrogen-bond donors (Lipinski definition) is 1. The third kappa shape index (κ3) is 5.24. The van der Waals surface area contributed by atoms with E-state index in [0.29, 0.717) is 31.6 Å². The molecule has 2 heterocycles. The first-order chi connectivity index (χ1) is 13.2. The van der Waals surface area contributed by atoms with Crippen molar-refractivity contribution >= 4 is 23.8 Å². The Bertz CT molecular complexity index is 708. The second kappa shape index (κ2) is 8.50. The van der Waals surface area contributed by atoms with E-state index in [-0.39, 0.29) is 24.2 Å². The summed E-state index contributed by atoms with van der Waals surface area (Å²) < 4.78 is 40.8. The number of aliphatic carboxylic acids is 1. The number of nitrogens with zero attached hydrogens (tertiary/aromatic N) is 2. The van der Waals surface area contributed by atoms with Gasteiger partial charge in [-0.15, -0.1) is 13.2 Å². The fourth-order valence-corrected chi connectivity index (χ4v) is 4.48. The minimum Gasteiger partial charge on any atom is -0.481 e. The van der Waals surface area contributed by atoms with Crippen molar-refractivity contribution in [2.45, 2.75) is 18.7 Å². The van der Waals surface area contributed by atoms with Crippen molar-refractivity contribution in [2.75, 3.05) is 37.7 Å². The molecule has 1 aromatic rings. The minimum absolute atomic E-state index is 0.142. The van der Waals surface area contributed by atoms with Gasteiger partial charge in [-0.2, -0.15) is 11.8 Å². The maximum Gasteiger partial charge on any atom is 0.573 e. The molecule has 1 aromatic carbocycles. The van der Waals surface area contributed by atoms with Gasteiger partial charge < -0.3 is 19.6 Å². The summed E-state index contributed by atoms with van der Waals surface area (Å²) in [6.07, 6.45) is -4.44. The third-order valence-corrected chi connectivity index (χ3v) is 5.88. The predicted molar refractivity (Wildman–Crippen MR) is 97.5 cm³/mol. The van der Waals surface area contributed by atoms with E-state index in [1.165, 1.54) is 24.3 Å². The smallest absolute Gasteiger partial charge is 0.481 e. The highest BCUT2D eigenvalue weighted by Gasteiger charge is 2.36. The number of carbonyl (C=O) groups is 2. The summed E-state index contributed by atoms with van der Waals surface area (Å²) in [5.41, 5.74) is 0.687. The largest absolute Gasteiger partial charge is 0.573 e. The van der Waals surface area contributed by atoms with E-state index in [1.54, 1.807) is 21.6 Å². The molecule has 0 aromatic heterocycles. The molecule has 0 radical (unpaired) electrons. The standard InChI is InChI=1S/C18H21F3N2O4S/c19-18(20,21)27-15-3-1-12(2-4-15)13-9-14(16(24)25)11-23(10-13)17(26)22-5-7-28-8-6-22/h1-4,13-14H,5-11H2,(H,24,25). The van der Waals surface area contributed by atoms with Gasteiger partial charge >= 0.3 is 18.4 Å². The van der Waals surface area contributed by atoms with Crippen molar-refractivity contribution in [3.63, 3.8) is 0 Å². The second-order valence-electron chi connectivity index (χ2n) is 6.87. The maximum atomic E-state index is 12.8. The lowest BCUT2D eigenvalue weighted by Gasteiger charge is -2.40. The molecule has 2 aliphatic heterocycles. The Morgan fingerprint density at radius 1 is 1.07 bits per heavy atom. The lowest BCUT2D eigenvalue weighted by atomic mass is 9.84. The fourth-order valence-electron chi connectivity index (χ4n) is 3.57. The predicted octanol–water partition coefficient (Wildman–Crippen LogP) is 3.24. The lowest BCUT2D eigenvalue weighted by molar-refractivity contribution is -0.274. The van der Waals surface area contributed by atoms with Gasteiger partial charge in [-0.1, -0.05) is 12.1 Å². The molecule has 0 saturated carbocycles. The zero-order valence-electron chi connectivity index (χ0n) is 15.0. The topological polar surface area (TPSA) is 70.1 Å². The highest BCUT2D eigenvalue weighted by atomic mass is 32.2. The zero-order chi connectivity index (χ0) is 20.3. The zero-order valence-corrected chi connectivity index (χ0v) is 15.8. The number of thioether (sulfide) groups is 1. The van der Waals surface area contributed by atoms with Gasteiger partial charge in [-0.05, 0) is 24.1 Å². The van der Waals surface area contributed by atoms with Crippen LogP contribution < -0.4 is 4.74 Å². The average Bonchev–Trinajstić information content (AvgIpc) is 2.67. The summed E-state index contributed by atoms with van der Waals surface area (Å²) >= 11 is 1.77. The monoisotopic (exact) mass is 418 g/mol. The summed E-state index contributed by atoms with van der Waals surface area (Å²) in [5, 5.41) is 9.48. The number of benzene rings is 1. The van der Waals surface area contributed by atoms with Crippen molar-refractivity contribution in [2.24, 2.45) is 5.92 Å². The van der Waals surface area contributed by atoms with E-state index >= 15 is 0 Å². The molecular formula is C18H21F3N2O4S. The van der Waals surface area contributed by atoms with Gasteiger partial charge in [0.05, 0.1) is 5.92 Å². The molecule has 0 aliphatic carbocycles. The Balaban J connectivity index is 1.74. The van der Waals surface area contributed by atoms with Crippen LogP contribution in [0, 0.1) is 5.92 Å². The molecule has 2 aliphatic rings. The van der Waals surface area contributed by atoms with Gasteiger partial charge in [-0.3, -0.25) is 4.79 Å². The van der Waals surface area contributed by atoms with Crippen molar-refractivity contribution in [3.05, 3.63) is 29.8 Å². The Morgan fingerprint density at radius 2 is 1.71 bits per heavy atom. The van der Waals surface area contributed by atoms with E-state index < -0.39 is 18.2 Å². The molecule has 10 heteroatoms. The van der Waals surface area contributed by atoms with Crippen LogP contribution in [0.4, 0.5) is 18.0 Å². The second-order valence-corrected chi connectivity index (χ2v) is 8.10. The number of hydrogen-bond acceptors (Lipinski definition) is 4. The highest BCUT2D eigenvalue weighted by molar-refractivity contribution is 7.99. The molecule has 2 atom stereocenters. The third-order valence-electron chi connectivity index (χ3n) is 4.94. The molecular weight excluding hydrogens is 397 g/mol. The molecule has 3 rings (SSSR count). The Hall–Kier alpha value is -2.10. The number of urea groups is 1. The van der Waals surface area contributed by atoms with Crippen molar-refractivity contribution < 1.29 is 32.6 Å². The van der Waals surface area contributed by atoms with E-state index in [1.807, 2.05) is 0 Å². The minimum atomic E-state index is -4.77. The summed E-state index contributed by atoms with van der Waals surface area (Å²) in [4.78, 5) is 27.7. The number of carbonyl (C=O) groups excluding carboxylic acids is 1. The molecule has 1 N–H and O–H groups in total. The van der Waals surface area contributed by atoms with Gasteiger partial charge in [0.1, 0.15) is 5.75 Å². The van der Waals surface area contributed by atoms with E-state index in [0.717, 1.165) is 11.5 Å². The van der Waals surface area contributed by atoms with Gasteiger partial charge in [0.15, 0.2) is 0 Å². The number of rotatable bonds is 3. The van der Waals surface area contributed by atoms with Crippen LogP contribution >= 0.6 is 11.8 Å². The lowest BCUT2D eigenvalue weighted by Crippen LogP contribution is -2.52. The van der Waals surface area contributed by atoms with E-state index in [9.17, 15) is 27.9 Å². The van der Waals surface area contributed by atoms with Crippen molar-refractivity contribution in [1.29, 1.82) is 0 Å². The molecule has 154 valence electrons. The Kier molecular flexibility index (Phi) is 6.26. The summed E-state index contributed by atoms with van der Waals surface area (Å²) in [7, 11) is 0. The van der Waals surface area contributed by atoms with Crippen molar-refractivity contribution in [3.8, 4) is 5.75 Å². The van der Waals surface area contributed by atoms with Gasteiger partial charge in [0.25, 0.3) is 0 Å². The number of carboxylic acid groups (broad SMARTS) is 1. The molecule has 2 saturated heterocycles. The first-order valence-corrected chi connectivity index (χ1v) is 10.1. The number of piperidine rings is 1. The average molecular weight is 418 g/mol. The van der Waals surface area contributed by atoms with Gasteiger partial charge in [-0.25, -0.2) is 4.79 Å². The van der Waals surface area contributed by atoms with Crippen LogP contribution in [0.25, 0.3) is 0 Å². The van der Waals surface area contributed by atoms with Gasteiger partial charge in [0, 0.05) is 43.6 Å². The van der Waals surface area contributed by atoms with Crippen LogP contribution in [0.15, 0.2) is 24.3 Å². The van der Waals surface area contributed by atoms with Crippen LogP contribution in [-0.2, 0) is 4.79 Å². The summed E-state index contributed by atoms with van der Waals surface area (Å²) in [5.74, 6) is -0.585. The van der Waals surface area contributed by atoms with E-state index in [4.69, 9.17) is 0 Å². The summed E-state index contributed by atoms with van der Waals surface area (Å²) in [6, 6.07) is 5.24. The van der Waals surface area contributed by atoms with Crippen LogP contribution in [0.3, 0.4) is 0 Å². The first-order valence-electron chi connectivity index (χ1n) is 8.93. The maximum absolute atomic E-state index is 12.8. The van der Waals surface area contributed by atoms with Crippen LogP contribution in [-0.4, -0.2) is 71.0 Å². The molecule has 2 fully saturated rings. The molecule has 6 nitrogen and oxygen atoms in total. The molecule has 28 heavy (non-hydrogen) atoms. The fraction of sp³-hybridized carbons (Fsp3) is 0.556. The SMILES string of the molecule is O=C(O)C1CC(c2ccc(OC(F)(F)F)cc2)CN(C(=O)N2CCSCC2)C1. The quantitative estimate of drug-likeness (QED) is 0.816. The molecule has 0 spiro atoms.